The average Bonchev–Trinajstić information content (AvgIpc) is 2.16. The van der Waals surface area contributed by atoms with Crippen LogP contribution in [0.1, 0.15) is 0 Å². The molecule has 6 heteroatoms. The van der Waals surface area contributed by atoms with Crippen molar-refractivity contribution in [3.8, 4) is 5.75 Å². The average molecular weight is 202 g/mol. The molecule has 0 aliphatic rings. The molecule has 1 aromatic rings. The van der Waals surface area contributed by atoms with Gasteiger partial charge in [-0.1, -0.05) is 0 Å². The Balaban J connectivity index is 2.37. The van der Waals surface area contributed by atoms with Crippen LogP contribution in [0.25, 0.3) is 0 Å². The quantitative estimate of drug-likeness (QED) is 0.735. The van der Waals surface area contributed by atoms with Crippen LogP contribution in [0.5, 0.6) is 5.75 Å². The summed E-state index contributed by atoms with van der Waals surface area (Å²) in [5, 5.41) is 2.43. The Kier molecular flexibility index (Phi) is 3.98. The first-order chi connectivity index (χ1) is 6.33. The van der Waals surface area contributed by atoms with E-state index in [-0.39, 0.29) is 0 Å². The molecule has 1 amide bonds. The molecule has 0 unspecified atom stereocenters. The summed E-state index contributed by atoms with van der Waals surface area (Å²) in [4.78, 5) is 18.3. The molecule has 0 saturated carbocycles. The van der Waals surface area contributed by atoms with Gasteiger partial charge in [-0.05, 0) is 0 Å². The Labute approximate surface area is 80.1 Å². The number of aromatic nitrogens is 2. The minimum absolute atomic E-state index is 0.301. The van der Waals surface area contributed by atoms with Crippen molar-refractivity contribution in [1.82, 2.24) is 15.3 Å². The second-order valence-corrected chi connectivity index (χ2v) is 2.46. The van der Waals surface area contributed by atoms with Gasteiger partial charge in [0.1, 0.15) is 6.33 Å². The lowest BCUT2D eigenvalue weighted by atomic mass is 10.6. The number of hydrogen-bond acceptors (Lipinski definition) is 4. The molecule has 0 aliphatic carbocycles. The fraction of sp³-hybridized carbons (Fsp3) is 0.286. The first kappa shape index (κ1) is 9.73. The van der Waals surface area contributed by atoms with E-state index in [4.69, 9.17) is 16.3 Å². The summed E-state index contributed by atoms with van der Waals surface area (Å²) in [6, 6.07) is 0. The van der Waals surface area contributed by atoms with Crippen molar-refractivity contribution in [2.24, 2.45) is 0 Å². The van der Waals surface area contributed by atoms with Crippen molar-refractivity contribution in [2.75, 3.05) is 12.4 Å². The highest BCUT2D eigenvalue weighted by Gasteiger charge is 2.02. The number of hydrogen-bond donors (Lipinski definition) is 1. The van der Waals surface area contributed by atoms with Gasteiger partial charge in [-0.3, -0.25) is 0 Å². The van der Waals surface area contributed by atoms with Gasteiger partial charge in [-0.25, -0.2) is 14.8 Å². The zero-order chi connectivity index (χ0) is 9.52. The van der Waals surface area contributed by atoms with Gasteiger partial charge >= 0.3 is 6.09 Å². The van der Waals surface area contributed by atoms with E-state index in [1.54, 1.807) is 0 Å². The van der Waals surface area contributed by atoms with Crippen LogP contribution in [0.15, 0.2) is 18.7 Å². The standard InChI is InChI=1S/C7H8ClN3O2/c8-1-2-11-7(12)13-6-3-9-5-10-4-6/h3-5H,1-2H2,(H,11,12). The first-order valence-corrected chi connectivity index (χ1v) is 4.13. The van der Waals surface area contributed by atoms with E-state index in [0.717, 1.165) is 0 Å². The van der Waals surface area contributed by atoms with Gasteiger partial charge in [0.05, 0.1) is 12.4 Å². The lowest BCUT2D eigenvalue weighted by molar-refractivity contribution is 0.201. The van der Waals surface area contributed by atoms with Gasteiger partial charge in [0.15, 0.2) is 5.75 Å². The van der Waals surface area contributed by atoms with Crippen LogP contribution in [0, 0.1) is 0 Å². The largest absolute Gasteiger partial charge is 0.412 e. The number of carbonyl (C=O) groups excluding carboxylic acids is 1. The molecule has 0 saturated heterocycles. The Bertz CT molecular complexity index is 268. The van der Waals surface area contributed by atoms with Gasteiger partial charge in [0, 0.05) is 12.4 Å². The molecular weight excluding hydrogens is 194 g/mol. The maximum absolute atomic E-state index is 10.9. The second kappa shape index (κ2) is 5.31. The molecule has 0 bridgehead atoms. The topological polar surface area (TPSA) is 64.1 Å². The van der Waals surface area contributed by atoms with Crippen molar-refractivity contribution in [3.63, 3.8) is 0 Å². The third kappa shape index (κ3) is 3.71. The predicted molar refractivity (Wildman–Crippen MR) is 46.8 cm³/mol. The third-order valence-electron chi connectivity index (χ3n) is 1.11. The SMILES string of the molecule is O=C(NCCCl)Oc1cncnc1. The van der Waals surface area contributed by atoms with E-state index >= 15 is 0 Å². The summed E-state index contributed by atoms with van der Waals surface area (Å²) in [7, 11) is 0. The molecule has 0 aromatic carbocycles. The van der Waals surface area contributed by atoms with E-state index in [1.807, 2.05) is 0 Å². The Morgan fingerprint density at radius 1 is 1.54 bits per heavy atom. The molecule has 0 fully saturated rings. The van der Waals surface area contributed by atoms with E-state index < -0.39 is 6.09 Å². The molecule has 0 radical (unpaired) electrons. The van der Waals surface area contributed by atoms with Crippen molar-refractivity contribution >= 4 is 17.7 Å². The summed E-state index contributed by atoms with van der Waals surface area (Å²) in [5.74, 6) is 0.648. The molecule has 70 valence electrons. The van der Waals surface area contributed by atoms with Crippen LogP contribution in [0.2, 0.25) is 0 Å². The smallest absolute Gasteiger partial charge is 0.407 e. The highest BCUT2D eigenvalue weighted by molar-refractivity contribution is 6.18. The molecular formula is C7H8ClN3O2. The van der Waals surface area contributed by atoms with Crippen LogP contribution >= 0.6 is 11.6 Å². The van der Waals surface area contributed by atoms with Crippen LogP contribution in [0.3, 0.4) is 0 Å². The summed E-state index contributed by atoms with van der Waals surface area (Å²) >= 11 is 5.35. The summed E-state index contributed by atoms with van der Waals surface area (Å²) in [6.07, 6.45) is 3.58. The van der Waals surface area contributed by atoms with Gasteiger partial charge in [-0.15, -0.1) is 11.6 Å². The molecule has 0 spiro atoms. The molecule has 1 heterocycles. The van der Waals surface area contributed by atoms with Crippen molar-refractivity contribution in [3.05, 3.63) is 18.7 Å². The van der Waals surface area contributed by atoms with E-state index in [0.29, 0.717) is 18.2 Å². The summed E-state index contributed by atoms with van der Waals surface area (Å²) in [6.45, 7) is 0.369. The lowest BCUT2D eigenvalue weighted by Crippen LogP contribution is -2.28. The number of amides is 1. The molecule has 0 atom stereocenters. The van der Waals surface area contributed by atoms with Crippen molar-refractivity contribution in [1.29, 1.82) is 0 Å². The van der Waals surface area contributed by atoms with Gasteiger partial charge < -0.3 is 10.1 Å². The summed E-state index contributed by atoms with van der Waals surface area (Å²) in [5.41, 5.74) is 0. The Morgan fingerprint density at radius 3 is 2.85 bits per heavy atom. The summed E-state index contributed by atoms with van der Waals surface area (Å²) < 4.78 is 4.78. The maximum atomic E-state index is 10.9. The fourth-order valence-electron chi connectivity index (χ4n) is 0.631. The number of alkyl halides is 1. The lowest BCUT2D eigenvalue weighted by Gasteiger charge is -2.03. The molecule has 13 heavy (non-hydrogen) atoms. The first-order valence-electron chi connectivity index (χ1n) is 3.59. The molecule has 0 aliphatic heterocycles. The molecule has 1 N–H and O–H groups in total. The van der Waals surface area contributed by atoms with Crippen molar-refractivity contribution < 1.29 is 9.53 Å². The highest BCUT2D eigenvalue weighted by atomic mass is 35.5. The number of ether oxygens (including phenoxy) is 1. The minimum Gasteiger partial charge on any atom is -0.407 e. The molecule has 1 rings (SSSR count). The second-order valence-electron chi connectivity index (χ2n) is 2.08. The van der Waals surface area contributed by atoms with Crippen LogP contribution < -0.4 is 10.1 Å². The number of carbonyl (C=O) groups is 1. The monoisotopic (exact) mass is 201 g/mol. The minimum atomic E-state index is -0.560. The highest BCUT2D eigenvalue weighted by Crippen LogP contribution is 2.03. The van der Waals surface area contributed by atoms with E-state index in [9.17, 15) is 4.79 Å². The predicted octanol–water partition coefficient (Wildman–Crippen LogP) is 0.804. The zero-order valence-electron chi connectivity index (χ0n) is 6.74. The number of halogens is 1. The Hall–Kier alpha value is -1.36. The zero-order valence-corrected chi connectivity index (χ0v) is 7.49. The van der Waals surface area contributed by atoms with Crippen LogP contribution in [-0.4, -0.2) is 28.5 Å². The van der Waals surface area contributed by atoms with Gasteiger partial charge in [0.2, 0.25) is 0 Å². The Morgan fingerprint density at radius 2 is 2.23 bits per heavy atom. The van der Waals surface area contributed by atoms with Gasteiger partial charge in [0.25, 0.3) is 0 Å². The number of nitrogens with one attached hydrogen (secondary N) is 1. The number of nitrogens with zero attached hydrogens (tertiary/aromatic N) is 2. The molecule has 1 aromatic heterocycles. The molecule has 5 nitrogen and oxygen atoms in total. The van der Waals surface area contributed by atoms with Crippen molar-refractivity contribution in [2.45, 2.75) is 0 Å². The van der Waals surface area contributed by atoms with Crippen LogP contribution in [-0.2, 0) is 0 Å². The van der Waals surface area contributed by atoms with Crippen LogP contribution in [0.4, 0.5) is 4.79 Å². The normalized spacial score (nSPS) is 9.31. The maximum Gasteiger partial charge on any atom is 0.412 e. The fourth-order valence-corrected chi connectivity index (χ4v) is 0.725. The third-order valence-corrected chi connectivity index (χ3v) is 1.30. The van der Waals surface area contributed by atoms with E-state index in [2.05, 4.69) is 15.3 Å². The van der Waals surface area contributed by atoms with E-state index in [1.165, 1.54) is 18.7 Å². The van der Waals surface area contributed by atoms with Gasteiger partial charge in [-0.2, -0.15) is 0 Å². The number of rotatable bonds is 3.